The summed E-state index contributed by atoms with van der Waals surface area (Å²) in [5, 5.41) is 11.9. The summed E-state index contributed by atoms with van der Waals surface area (Å²) in [6, 6.07) is 6.45. The van der Waals surface area contributed by atoms with Gasteiger partial charge in [-0.3, -0.25) is 4.79 Å². The zero-order valence-electron chi connectivity index (χ0n) is 14.4. The van der Waals surface area contributed by atoms with E-state index in [2.05, 4.69) is 12.2 Å². The number of phenols is 1. The van der Waals surface area contributed by atoms with Crippen LogP contribution in [0.25, 0.3) is 0 Å². The number of carbonyl (C=O) groups excluding carboxylic acids is 1. The first-order chi connectivity index (χ1) is 11.2. The monoisotopic (exact) mass is 321 g/mol. The fourth-order valence-electron chi connectivity index (χ4n) is 2.43. The average Bonchev–Trinajstić information content (AvgIpc) is 2.55. The second-order valence-electron chi connectivity index (χ2n) is 5.96. The molecule has 0 atom stereocenters. The van der Waals surface area contributed by atoms with Gasteiger partial charge in [-0.2, -0.15) is 0 Å². The summed E-state index contributed by atoms with van der Waals surface area (Å²) in [5.41, 5.74) is 0. The lowest BCUT2D eigenvalue weighted by Gasteiger charge is -2.08. The predicted molar refractivity (Wildman–Crippen MR) is 93.6 cm³/mol. The summed E-state index contributed by atoms with van der Waals surface area (Å²) in [6.45, 7) is 2.40. The largest absolute Gasteiger partial charge is 0.508 e. The number of phenolic OH excluding ortho intramolecular Hbond substituents is 1. The molecule has 23 heavy (non-hydrogen) atoms. The highest BCUT2D eigenvalue weighted by atomic mass is 16.5. The van der Waals surface area contributed by atoms with Gasteiger partial charge in [-0.15, -0.1) is 0 Å². The molecular formula is C19H31NO3. The van der Waals surface area contributed by atoms with E-state index in [-0.39, 0.29) is 18.4 Å². The second-order valence-corrected chi connectivity index (χ2v) is 5.96. The van der Waals surface area contributed by atoms with E-state index in [1.165, 1.54) is 44.9 Å². The minimum absolute atomic E-state index is 0.0340. The minimum atomic E-state index is 0.0340. The molecule has 0 aliphatic carbocycles. The van der Waals surface area contributed by atoms with Gasteiger partial charge >= 0.3 is 0 Å². The zero-order chi connectivity index (χ0) is 16.8. The Labute approximate surface area is 140 Å². The molecule has 0 aliphatic heterocycles. The van der Waals surface area contributed by atoms with Gasteiger partial charge in [0.2, 0.25) is 5.91 Å². The highest BCUT2D eigenvalue weighted by Crippen LogP contribution is 2.15. The van der Waals surface area contributed by atoms with Crippen LogP contribution in [0, 0.1) is 0 Å². The van der Waals surface area contributed by atoms with Crippen LogP contribution in [0.4, 0.5) is 0 Å². The average molecular weight is 321 g/mol. The van der Waals surface area contributed by atoms with Crippen LogP contribution in [0.5, 0.6) is 11.5 Å². The highest BCUT2D eigenvalue weighted by molar-refractivity contribution is 5.75. The summed E-state index contributed by atoms with van der Waals surface area (Å²) in [4.78, 5) is 11.7. The van der Waals surface area contributed by atoms with E-state index in [9.17, 15) is 4.79 Å². The molecule has 0 saturated carbocycles. The molecule has 0 aromatic heterocycles. The summed E-state index contributed by atoms with van der Waals surface area (Å²) in [7, 11) is 0. The molecule has 1 rings (SSSR count). The maximum atomic E-state index is 11.7. The molecule has 0 unspecified atom stereocenters. The Balaban J connectivity index is 1.91. The third kappa shape index (κ3) is 10.6. The standard InChI is InChI=1S/C19H31NO3/c1-2-3-4-5-6-7-8-9-10-11-19(22)20-16-23-18-14-12-17(21)13-15-18/h12-15,21H,2-11,16H2,1H3,(H,20,22). The second kappa shape index (κ2) is 12.8. The van der Waals surface area contributed by atoms with Gasteiger partial charge in [-0.1, -0.05) is 58.3 Å². The highest BCUT2D eigenvalue weighted by Gasteiger charge is 2.01. The quantitative estimate of drug-likeness (QED) is 0.406. The predicted octanol–water partition coefficient (Wildman–Crippen LogP) is 4.77. The van der Waals surface area contributed by atoms with E-state index in [0.29, 0.717) is 12.2 Å². The first-order valence-corrected chi connectivity index (χ1v) is 8.91. The summed E-state index contributed by atoms with van der Waals surface area (Å²) in [5.74, 6) is 0.865. The van der Waals surface area contributed by atoms with E-state index < -0.39 is 0 Å². The van der Waals surface area contributed by atoms with Gasteiger partial charge in [0.05, 0.1) is 0 Å². The van der Waals surface area contributed by atoms with Crippen LogP contribution < -0.4 is 10.1 Å². The van der Waals surface area contributed by atoms with Crippen molar-refractivity contribution in [3.63, 3.8) is 0 Å². The minimum Gasteiger partial charge on any atom is -0.508 e. The fraction of sp³-hybridized carbons (Fsp3) is 0.632. The van der Waals surface area contributed by atoms with Crippen molar-refractivity contribution in [2.45, 2.75) is 71.1 Å². The zero-order valence-corrected chi connectivity index (χ0v) is 14.4. The number of hydrogen-bond donors (Lipinski definition) is 2. The van der Waals surface area contributed by atoms with E-state index in [0.717, 1.165) is 12.8 Å². The molecule has 1 aromatic carbocycles. The van der Waals surface area contributed by atoms with Crippen molar-refractivity contribution in [3.05, 3.63) is 24.3 Å². The molecule has 4 nitrogen and oxygen atoms in total. The van der Waals surface area contributed by atoms with Crippen molar-refractivity contribution in [1.82, 2.24) is 5.32 Å². The van der Waals surface area contributed by atoms with Crippen LogP contribution in [-0.2, 0) is 4.79 Å². The van der Waals surface area contributed by atoms with Crippen molar-refractivity contribution < 1.29 is 14.6 Å². The van der Waals surface area contributed by atoms with Crippen molar-refractivity contribution in [2.24, 2.45) is 0 Å². The Morgan fingerprint density at radius 2 is 1.52 bits per heavy atom. The first kappa shape index (κ1) is 19.3. The van der Waals surface area contributed by atoms with Gasteiger partial charge < -0.3 is 15.2 Å². The summed E-state index contributed by atoms with van der Waals surface area (Å²) in [6.07, 6.45) is 11.8. The number of rotatable bonds is 13. The fourth-order valence-corrected chi connectivity index (χ4v) is 2.43. The molecule has 1 amide bonds. The molecule has 0 radical (unpaired) electrons. The summed E-state index contributed by atoms with van der Waals surface area (Å²) >= 11 is 0. The molecule has 2 N–H and O–H groups in total. The van der Waals surface area contributed by atoms with Crippen LogP contribution in [-0.4, -0.2) is 17.7 Å². The van der Waals surface area contributed by atoms with Gasteiger partial charge in [0, 0.05) is 6.42 Å². The lowest BCUT2D eigenvalue weighted by molar-refractivity contribution is -0.122. The van der Waals surface area contributed by atoms with Crippen LogP contribution in [0.2, 0.25) is 0 Å². The lowest BCUT2D eigenvalue weighted by Crippen LogP contribution is -2.27. The Morgan fingerprint density at radius 3 is 2.13 bits per heavy atom. The molecule has 0 spiro atoms. The third-order valence-corrected chi connectivity index (χ3v) is 3.85. The van der Waals surface area contributed by atoms with Crippen LogP contribution in [0.1, 0.15) is 71.1 Å². The van der Waals surface area contributed by atoms with Crippen molar-refractivity contribution in [2.75, 3.05) is 6.73 Å². The SMILES string of the molecule is CCCCCCCCCCCC(=O)NCOc1ccc(O)cc1. The van der Waals surface area contributed by atoms with Crippen molar-refractivity contribution >= 4 is 5.91 Å². The number of carbonyl (C=O) groups is 1. The summed E-state index contributed by atoms with van der Waals surface area (Å²) < 4.78 is 5.38. The van der Waals surface area contributed by atoms with Gasteiger partial charge in [0.15, 0.2) is 6.73 Å². The number of aromatic hydroxyl groups is 1. The van der Waals surface area contributed by atoms with E-state index in [1.807, 2.05) is 0 Å². The Kier molecular flexibility index (Phi) is 10.8. The van der Waals surface area contributed by atoms with E-state index >= 15 is 0 Å². The van der Waals surface area contributed by atoms with Crippen molar-refractivity contribution in [3.8, 4) is 11.5 Å². The van der Waals surface area contributed by atoms with Crippen LogP contribution in [0.15, 0.2) is 24.3 Å². The van der Waals surface area contributed by atoms with Gasteiger partial charge in [0.1, 0.15) is 11.5 Å². The van der Waals surface area contributed by atoms with Crippen LogP contribution in [0.3, 0.4) is 0 Å². The number of unbranched alkanes of at least 4 members (excludes halogenated alkanes) is 8. The van der Waals surface area contributed by atoms with Gasteiger partial charge in [-0.25, -0.2) is 0 Å². The third-order valence-electron chi connectivity index (χ3n) is 3.85. The molecule has 0 aliphatic rings. The number of hydrogen-bond acceptors (Lipinski definition) is 3. The number of ether oxygens (including phenoxy) is 1. The number of benzene rings is 1. The van der Waals surface area contributed by atoms with E-state index in [1.54, 1.807) is 24.3 Å². The molecule has 0 fully saturated rings. The topological polar surface area (TPSA) is 58.6 Å². The molecule has 0 saturated heterocycles. The number of amides is 1. The molecule has 130 valence electrons. The Morgan fingerprint density at radius 1 is 0.957 bits per heavy atom. The molecular weight excluding hydrogens is 290 g/mol. The van der Waals surface area contributed by atoms with Crippen molar-refractivity contribution in [1.29, 1.82) is 0 Å². The molecule has 4 heteroatoms. The van der Waals surface area contributed by atoms with Gasteiger partial charge in [0.25, 0.3) is 0 Å². The maximum Gasteiger partial charge on any atom is 0.222 e. The maximum absolute atomic E-state index is 11.7. The Bertz CT molecular complexity index is 417. The van der Waals surface area contributed by atoms with Crippen LogP contribution >= 0.6 is 0 Å². The van der Waals surface area contributed by atoms with Gasteiger partial charge in [-0.05, 0) is 30.7 Å². The lowest BCUT2D eigenvalue weighted by atomic mass is 10.1. The normalized spacial score (nSPS) is 10.5. The Hall–Kier alpha value is -1.71. The number of nitrogens with one attached hydrogen (secondary N) is 1. The first-order valence-electron chi connectivity index (χ1n) is 8.91. The molecule has 1 aromatic rings. The van der Waals surface area contributed by atoms with E-state index in [4.69, 9.17) is 9.84 Å². The molecule has 0 heterocycles. The smallest absolute Gasteiger partial charge is 0.222 e. The molecule has 0 bridgehead atoms.